The van der Waals surface area contributed by atoms with Crippen LogP contribution in [-0.4, -0.2) is 77.6 Å². The van der Waals surface area contributed by atoms with E-state index in [1.807, 2.05) is 0 Å². The maximum atomic E-state index is 7.80. The van der Waals surface area contributed by atoms with Gasteiger partial charge in [-0.05, 0) is 0 Å². The summed E-state index contributed by atoms with van der Waals surface area (Å²) < 4.78 is 19.7. The summed E-state index contributed by atoms with van der Waals surface area (Å²) in [6.45, 7) is 0.944. The molecule has 0 spiro atoms. The van der Waals surface area contributed by atoms with Crippen molar-refractivity contribution in [2.24, 2.45) is 11.5 Å². The van der Waals surface area contributed by atoms with Crippen molar-refractivity contribution < 1.29 is 21.1 Å². The summed E-state index contributed by atoms with van der Waals surface area (Å²) in [5.41, 5.74) is 9.56. The van der Waals surface area contributed by atoms with Crippen LogP contribution in [0.5, 0.6) is 0 Å². The molecule has 0 aromatic carbocycles. The molecular weight excluding hydrogens is 306 g/mol. The number of hydrogen-bond donors (Lipinski definition) is 6. The molecule has 0 fully saturated rings. The van der Waals surface area contributed by atoms with Gasteiger partial charge in [0.15, 0.2) is 0 Å². The van der Waals surface area contributed by atoms with Crippen LogP contribution in [-0.2, 0) is 2.72 Å². The van der Waals surface area contributed by atoms with Gasteiger partial charge in [0, 0.05) is 13.1 Å². The first kappa shape index (κ1) is 19.4. The summed E-state index contributed by atoms with van der Waals surface area (Å²) in [6, 6.07) is 0. The molecule has 8 N–H and O–H groups in total. The van der Waals surface area contributed by atoms with E-state index in [2.05, 4.69) is 2.72 Å². The second-order valence-corrected chi connectivity index (χ2v) is 4.08. The Balaban J connectivity index is -0.000000117. The minimum atomic E-state index is -0.992. The van der Waals surface area contributed by atoms with Gasteiger partial charge in [0.1, 0.15) is 0 Å². The van der Waals surface area contributed by atoms with Gasteiger partial charge >= 0.3 is 43.8 Å². The van der Waals surface area contributed by atoms with E-state index in [4.69, 9.17) is 29.9 Å². The molecule has 82 valence electrons. The third-order valence-electron chi connectivity index (χ3n) is 0.331. The second kappa shape index (κ2) is 29.3. The van der Waals surface area contributed by atoms with Gasteiger partial charge in [0.05, 0.1) is 13.2 Å². The first-order chi connectivity index (χ1) is 6.24. The SMILES string of the molecule is NCCO.NCCO.O[As]O[As]O. The van der Waals surface area contributed by atoms with Crippen LogP contribution in [0.3, 0.4) is 0 Å². The van der Waals surface area contributed by atoms with Gasteiger partial charge in [0.2, 0.25) is 0 Å². The zero-order valence-electron chi connectivity index (χ0n) is 7.07. The molecule has 9 heteroatoms. The normalized spacial score (nSPS) is 9.69. The predicted octanol–water partition coefficient (Wildman–Crippen LogP) is -4.07. The van der Waals surface area contributed by atoms with E-state index in [-0.39, 0.29) is 13.2 Å². The Morgan fingerprint density at radius 2 is 1.15 bits per heavy atom. The molecule has 0 aliphatic carbocycles. The summed E-state index contributed by atoms with van der Waals surface area (Å²) in [5, 5.41) is 15.5. The number of hydrogen-bond acceptors (Lipinski definition) is 7. The van der Waals surface area contributed by atoms with Gasteiger partial charge in [-0.3, -0.25) is 0 Å². The van der Waals surface area contributed by atoms with Crippen LogP contribution in [0.2, 0.25) is 0 Å². The van der Waals surface area contributed by atoms with E-state index in [1.165, 1.54) is 0 Å². The molecule has 0 unspecified atom stereocenters. The molecule has 0 aromatic heterocycles. The summed E-state index contributed by atoms with van der Waals surface area (Å²) >= 11 is -1.98. The fraction of sp³-hybridized carbons (Fsp3) is 1.00. The Morgan fingerprint density at radius 3 is 1.15 bits per heavy atom. The molecule has 0 saturated heterocycles. The van der Waals surface area contributed by atoms with E-state index in [1.54, 1.807) is 0 Å². The van der Waals surface area contributed by atoms with Crippen LogP contribution in [0.25, 0.3) is 0 Å². The molecule has 0 saturated carbocycles. The molecule has 0 rings (SSSR count). The average molecular weight is 322 g/mol. The molecule has 0 heterocycles. The van der Waals surface area contributed by atoms with Crippen molar-refractivity contribution in [1.29, 1.82) is 0 Å². The maximum absolute atomic E-state index is 7.80. The standard InChI is InChI=1S/2C2H7NO.As2H2O3/c2*3-1-2-4;3-1-5-2-4/h2*4H,1-3H2;3-4H. The summed E-state index contributed by atoms with van der Waals surface area (Å²) in [7, 11) is 0. The predicted molar refractivity (Wildman–Crippen MR) is 49.3 cm³/mol. The van der Waals surface area contributed by atoms with Crippen molar-refractivity contribution in [2.45, 2.75) is 0 Å². The molecule has 13 heavy (non-hydrogen) atoms. The summed E-state index contributed by atoms with van der Waals surface area (Å²) in [5.74, 6) is 0. The Labute approximate surface area is 91.9 Å². The molecule has 0 atom stereocenters. The Bertz CT molecular complexity index is 53.8. The van der Waals surface area contributed by atoms with E-state index in [0.29, 0.717) is 13.1 Å². The van der Waals surface area contributed by atoms with Gasteiger partial charge in [-0.15, -0.1) is 0 Å². The van der Waals surface area contributed by atoms with Gasteiger partial charge in [-0.25, -0.2) is 0 Å². The van der Waals surface area contributed by atoms with Gasteiger partial charge in [-0.1, -0.05) is 0 Å². The third kappa shape index (κ3) is 64.4. The van der Waals surface area contributed by atoms with Gasteiger partial charge < -0.3 is 21.7 Å². The fourth-order valence-electron chi connectivity index (χ4n) is 0.0163. The van der Waals surface area contributed by atoms with Gasteiger partial charge in [-0.2, -0.15) is 0 Å². The van der Waals surface area contributed by atoms with Crippen molar-refractivity contribution in [2.75, 3.05) is 26.3 Å². The molecule has 0 amide bonds. The number of aliphatic hydroxyl groups excluding tert-OH is 2. The van der Waals surface area contributed by atoms with E-state index < -0.39 is 32.9 Å². The first-order valence-corrected chi connectivity index (χ1v) is 6.42. The number of nitrogens with two attached hydrogens (primary N) is 2. The first-order valence-electron chi connectivity index (χ1n) is 3.21. The number of rotatable bonds is 4. The Morgan fingerprint density at radius 1 is 0.923 bits per heavy atom. The Hall–Kier alpha value is 0.837. The molecule has 0 aromatic rings. The second-order valence-electron chi connectivity index (χ2n) is 1.27. The zero-order valence-corrected chi connectivity index (χ0v) is 10.8. The van der Waals surface area contributed by atoms with Crippen LogP contribution < -0.4 is 11.5 Å². The van der Waals surface area contributed by atoms with E-state index >= 15 is 0 Å². The molecule has 7 nitrogen and oxygen atoms in total. The van der Waals surface area contributed by atoms with E-state index in [9.17, 15) is 0 Å². The van der Waals surface area contributed by atoms with Crippen molar-refractivity contribution in [3.8, 4) is 0 Å². The van der Waals surface area contributed by atoms with Crippen LogP contribution in [0.4, 0.5) is 0 Å². The third-order valence-corrected chi connectivity index (χ3v) is 2.23. The van der Waals surface area contributed by atoms with Crippen molar-refractivity contribution >= 4 is 32.9 Å². The molecule has 0 aliphatic rings. The van der Waals surface area contributed by atoms with Crippen molar-refractivity contribution in [3.63, 3.8) is 0 Å². The summed E-state index contributed by atoms with van der Waals surface area (Å²) in [6.07, 6.45) is 0. The van der Waals surface area contributed by atoms with Gasteiger partial charge in [0.25, 0.3) is 0 Å². The van der Waals surface area contributed by atoms with Crippen LogP contribution in [0, 0.1) is 0 Å². The van der Waals surface area contributed by atoms with Crippen molar-refractivity contribution in [3.05, 3.63) is 0 Å². The van der Waals surface area contributed by atoms with Crippen LogP contribution >= 0.6 is 0 Å². The summed E-state index contributed by atoms with van der Waals surface area (Å²) in [4.78, 5) is 0. The fourth-order valence-corrected chi connectivity index (χ4v) is 0.441. The zero-order chi connectivity index (χ0) is 10.9. The number of aliphatic hydroxyl groups is 2. The molecular formula is C4H16As2N2O5. The minimum absolute atomic E-state index is 0.0972. The molecule has 0 bridgehead atoms. The Kier molecular flexibility index (Phi) is 43.7. The quantitative estimate of drug-likeness (QED) is 0.289. The van der Waals surface area contributed by atoms with Crippen LogP contribution in [0.1, 0.15) is 0 Å². The monoisotopic (exact) mass is 322 g/mol. The van der Waals surface area contributed by atoms with Crippen LogP contribution in [0.15, 0.2) is 0 Å². The molecule has 2 radical (unpaired) electrons. The average Bonchev–Trinajstić information content (AvgIpc) is 2.20. The molecule has 0 aliphatic heterocycles. The van der Waals surface area contributed by atoms with Crippen molar-refractivity contribution in [1.82, 2.24) is 0 Å². The van der Waals surface area contributed by atoms with E-state index in [0.717, 1.165) is 0 Å². The topological polar surface area (TPSA) is 142 Å².